The molecule has 208 valence electrons. The summed E-state index contributed by atoms with van der Waals surface area (Å²) in [6.45, 7) is 7.01. The molecule has 1 saturated heterocycles. The fourth-order valence-corrected chi connectivity index (χ4v) is 5.55. The van der Waals surface area contributed by atoms with Gasteiger partial charge in [-0.05, 0) is 70.1 Å². The average molecular weight is 534 g/mol. The third kappa shape index (κ3) is 5.99. The van der Waals surface area contributed by atoms with Crippen molar-refractivity contribution >= 4 is 34.8 Å². The lowest BCUT2D eigenvalue weighted by molar-refractivity contribution is 0.0204. The number of pyridine rings is 1. The number of aromatic nitrogens is 4. The predicted octanol–water partition coefficient (Wildman–Crippen LogP) is 5.50. The Morgan fingerprint density at radius 3 is 2.36 bits per heavy atom. The van der Waals surface area contributed by atoms with Crippen LogP contribution in [0.1, 0.15) is 87.3 Å². The Balaban J connectivity index is 1.28. The van der Waals surface area contributed by atoms with Gasteiger partial charge >= 0.3 is 6.09 Å². The van der Waals surface area contributed by atoms with Crippen LogP contribution in [-0.4, -0.2) is 74.1 Å². The smallest absolute Gasteiger partial charge is 0.410 e. The van der Waals surface area contributed by atoms with Gasteiger partial charge in [0, 0.05) is 51.0 Å². The predicted molar refractivity (Wildman–Crippen MR) is 150 cm³/mol. The van der Waals surface area contributed by atoms with Gasteiger partial charge in [0.15, 0.2) is 0 Å². The molecule has 1 N–H and O–H groups in total. The van der Waals surface area contributed by atoms with Crippen LogP contribution in [0.25, 0.3) is 11.0 Å². The van der Waals surface area contributed by atoms with Gasteiger partial charge in [0.25, 0.3) is 5.91 Å². The number of amides is 2. The minimum absolute atomic E-state index is 0.0245. The van der Waals surface area contributed by atoms with Gasteiger partial charge in [0.2, 0.25) is 5.95 Å². The highest BCUT2D eigenvalue weighted by Crippen LogP contribution is 2.35. The van der Waals surface area contributed by atoms with Gasteiger partial charge in [0.05, 0.1) is 0 Å². The Kier molecular flexibility index (Phi) is 7.46. The quantitative estimate of drug-likeness (QED) is 0.462. The van der Waals surface area contributed by atoms with Crippen molar-refractivity contribution in [3.63, 3.8) is 0 Å². The lowest BCUT2D eigenvalue weighted by Crippen LogP contribution is -2.41. The summed E-state index contributed by atoms with van der Waals surface area (Å²) >= 11 is 0. The second-order valence-electron chi connectivity index (χ2n) is 11.9. The summed E-state index contributed by atoms with van der Waals surface area (Å²) in [5, 5.41) is 4.10. The van der Waals surface area contributed by atoms with Crippen molar-refractivity contribution in [3.8, 4) is 0 Å². The van der Waals surface area contributed by atoms with Gasteiger partial charge in [-0.3, -0.25) is 4.79 Å². The first-order chi connectivity index (χ1) is 18.6. The van der Waals surface area contributed by atoms with E-state index in [9.17, 15) is 9.59 Å². The molecule has 2 aliphatic rings. The Labute approximate surface area is 229 Å². The molecule has 0 aromatic carbocycles. The van der Waals surface area contributed by atoms with Crippen LogP contribution < -0.4 is 5.32 Å². The standard InChI is InChI=1S/C29H39N7O3/c1-29(2,3)39-28(38)35-14-12-19(13-15-35)20-10-11-24(30-17-20)32-27-31-18-21-16-23(26(37)34(4)5)36(25(21)33-27)22-8-6-7-9-22/h10-11,16-19,22H,6-9,12-15H2,1-5H3,(H,30,31,32,33). The van der Waals surface area contributed by atoms with Crippen molar-refractivity contribution in [2.75, 3.05) is 32.5 Å². The van der Waals surface area contributed by atoms with E-state index in [-0.39, 0.29) is 18.0 Å². The number of fused-ring (bicyclic) bond motifs is 1. The van der Waals surface area contributed by atoms with Gasteiger partial charge < -0.3 is 24.4 Å². The summed E-state index contributed by atoms with van der Waals surface area (Å²) in [7, 11) is 3.55. The molecule has 0 spiro atoms. The SMILES string of the molecule is CN(C)C(=O)c1cc2cnc(Nc3ccc(C4CCN(C(=O)OC(C)(C)C)CC4)cn3)nc2n1C1CCCC1. The molecule has 10 nitrogen and oxygen atoms in total. The monoisotopic (exact) mass is 533 g/mol. The van der Waals surface area contributed by atoms with Gasteiger partial charge in [-0.15, -0.1) is 0 Å². The molecular weight excluding hydrogens is 494 g/mol. The van der Waals surface area contributed by atoms with Crippen molar-refractivity contribution in [2.45, 2.75) is 76.9 Å². The highest BCUT2D eigenvalue weighted by Gasteiger charge is 2.28. The number of carbonyl (C=O) groups excluding carboxylic acids is 2. The van der Waals surface area contributed by atoms with E-state index in [0.29, 0.717) is 36.5 Å². The van der Waals surface area contributed by atoms with Crippen LogP contribution in [0.5, 0.6) is 0 Å². The fraction of sp³-hybridized carbons (Fsp3) is 0.552. The summed E-state index contributed by atoms with van der Waals surface area (Å²) in [5.41, 5.74) is 2.11. The molecule has 2 fully saturated rings. The van der Waals surface area contributed by atoms with Crippen LogP contribution in [0.2, 0.25) is 0 Å². The number of hydrogen-bond donors (Lipinski definition) is 1. The maximum absolute atomic E-state index is 12.9. The van der Waals surface area contributed by atoms with E-state index in [0.717, 1.165) is 55.1 Å². The number of piperidine rings is 1. The van der Waals surface area contributed by atoms with Crippen LogP contribution in [0.4, 0.5) is 16.6 Å². The number of carbonyl (C=O) groups is 2. The first-order valence-electron chi connectivity index (χ1n) is 13.9. The zero-order valence-corrected chi connectivity index (χ0v) is 23.6. The summed E-state index contributed by atoms with van der Waals surface area (Å²) in [5.74, 6) is 1.44. The number of likely N-dealkylation sites (tertiary alicyclic amines) is 1. The van der Waals surface area contributed by atoms with Crippen molar-refractivity contribution < 1.29 is 14.3 Å². The number of rotatable bonds is 5. The first kappa shape index (κ1) is 26.9. The zero-order valence-electron chi connectivity index (χ0n) is 23.6. The van der Waals surface area contributed by atoms with E-state index >= 15 is 0 Å². The van der Waals surface area contributed by atoms with Crippen molar-refractivity contribution in [2.24, 2.45) is 0 Å². The van der Waals surface area contributed by atoms with Gasteiger partial charge in [-0.25, -0.2) is 14.8 Å². The van der Waals surface area contributed by atoms with Gasteiger partial charge in [-0.2, -0.15) is 4.98 Å². The third-order valence-corrected chi connectivity index (χ3v) is 7.54. The van der Waals surface area contributed by atoms with Crippen LogP contribution in [0.3, 0.4) is 0 Å². The van der Waals surface area contributed by atoms with E-state index in [1.54, 1.807) is 30.1 Å². The molecule has 0 atom stereocenters. The molecule has 2 amide bonds. The highest BCUT2D eigenvalue weighted by molar-refractivity contribution is 5.97. The Hall–Kier alpha value is -3.69. The molecule has 1 aliphatic heterocycles. The maximum Gasteiger partial charge on any atom is 0.410 e. The lowest BCUT2D eigenvalue weighted by atomic mass is 9.90. The second kappa shape index (κ2) is 10.8. The molecule has 1 saturated carbocycles. The molecule has 0 unspecified atom stereocenters. The average Bonchev–Trinajstić information content (AvgIpc) is 3.55. The number of hydrogen-bond acceptors (Lipinski definition) is 7. The number of anilines is 2. The largest absolute Gasteiger partial charge is 0.444 e. The molecule has 39 heavy (non-hydrogen) atoms. The van der Waals surface area contributed by atoms with Gasteiger partial charge in [-0.1, -0.05) is 18.9 Å². The Morgan fingerprint density at radius 2 is 1.74 bits per heavy atom. The van der Waals surface area contributed by atoms with E-state index in [1.165, 1.54) is 0 Å². The zero-order chi connectivity index (χ0) is 27.7. The van der Waals surface area contributed by atoms with Crippen LogP contribution in [-0.2, 0) is 4.74 Å². The van der Waals surface area contributed by atoms with Crippen molar-refractivity contribution in [1.29, 1.82) is 0 Å². The summed E-state index contributed by atoms with van der Waals surface area (Å²) < 4.78 is 7.62. The number of nitrogens with one attached hydrogen (secondary N) is 1. The Bertz CT molecular complexity index is 1330. The van der Waals surface area contributed by atoms with Crippen LogP contribution in [0.15, 0.2) is 30.6 Å². The fourth-order valence-electron chi connectivity index (χ4n) is 5.55. The van der Waals surface area contributed by atoms with Crippen molar-refractivity contribution in [1.82, 2.24) is 29.3 Å². The molecule has 0 radical (unpaired) electrons. The minimum atomic E-state index is -0.486. The lowest BCUT2D eigenvalue weighted by Gasteiger charge is -2.33. The third-order valence-electron chi connectivity index (χ3n) is 7.54. The first-order valence-corrected chi connectivity index (χ1v) is 13.9. The molecule has 3 aromatic rings. The molecule has 0 bridgehead atoms. The summed E-state index contributed by atoms with van der Waals surface area (Å²) in [4.78, 5) is 42.7. The molecule has 5 rings (SSSR count). The van der Waals surface area contributed by atoms with E-state index in [2.05, 4.69) is 25.9 Å². The second-order valence-corrected chi connectivity index (χ2v) is 11.9. The van der Waals surface area contributed by atoms with Crippen LogP contribution >= 0.6 is 0 Å². The molecule has 4 heterocycles. The number of nitrogens with zero attached hydrogens (tertiary/aromatic N) is 6. The topological polar surface area (TPSA) is 105 Å². The summed E-state index contributed by atoms with van der Waals surface area (Å²) in [6.07, 6.45) is 9.58. The van der Waals surface area contributed by atoms with E-state index < -0.39 is 5.60 Å². The highest BCUT2D eigenvalue weighted by atomic mass is 16.6. The van der Waals surface area contributed by atoms with Gasteiger partial charge in [0.1, 0.15) is 22.8 Å². The summed E-state index contributed by atoms with van der Waals surface area (Å²) in [6, 6.07) is 6.20. The van der Waals surface area contributed by atoms with E-state index in [1.807, 2.05) is 39.1 Å². The number of ether oxygens (including phenoxy) is 1. The maximum atomic E-state index is 12.9. The molecular formula is C29H39N7O3. The van der Waals surface area contributed by atoms with Crippen molar-refractivity contribution in [3.05, 3.63) is 41.9 Å². The van der Waals surface area contributed by atoms with Crippen LogP contribution in [0, 0.1) is 0 Å². The molecule has 10 heteroatoms. The minimum Gasteiger partial charge on any atom is -0.444 e. The molecule has 3 aromatic heterocycles. The Morgan fingerprint density at radius 1 is 1.03 bits per heavy atom. The normalized spacial score (nSPS) is 17.0. The molecule has 1 aliphatic carbocycles. The van der Waals surface area contributed by atoms with E-state index in [4.69, 9.17) is 9.72 Å².